The minimum Gasteiger partial charge on any atom is -0.493 e. The number of methoxy groups -OCH3 is 2. The maximum atomic E-state index is 13.1. The van der Waals surface area contributed by atoms with Gasteiger partial charge < -0.3 is 14.8 Å². The molecule has 11 heteroatoms. The summed E-state index contributed by atoms with van der Waals surface area (Å²) in [5.74, 6) is -14.5. The van der Waals surface area contributed by atoms with Gasteiger partial charge in [0.15, 0.2) is 11.5 Å². The van der Waals surface area contributed by atoms with Gasteiger partial charge in [0.2, 0.25) is 0 Å². The predicted octanol–water partition coefficient (Wildman–Crippen LogP) is 3.20. The fourth-order valence-corrected chi connectivity index (χ4v) is 1.79. The highest BCUT2D eigenvalue weighted by Gasteiger charge is 2.76. The molecule has 1 rings (SSSR count). The van der Waals surface area contributed by atoms with Crippen molar-refractivity contribution in [3.05, 3.63) is 23.8 Å². The molecule has 0 heterocycles. The first kappa shape index (κ1) is 20.8. The van der Waals surface area contributed by atoms with E-state index in [1.54, 1.807) is 0 Å². The Morgan fingerprint density at radius 2 is 1.56 bits per heavy atom. The van der Waals surface area contributed by atoms with E-state index in [-0.39, 0.29) is 6.42 Å². The molecule has 0 aromatic heterocycles. The van der Waals surface area contributed by atoms with Gasteiger partial charge in [-0.3, -0.25) is 4.79 Å². The SMILES string of the molecule is COc1ccc(CCNC(=O)C(F)(F)C(F)(F)C(F)(F)F)cc1OC. The molecule has 0 aliphatic rings. The van der Waals surface area contributed by atoms with E-state index in [2.05, 4.69) is 0 Å². The Morgan fingerprint density at radius 1 is 1.00 bits per heavy atom. The van der Waals surface area contributed by atoms with Crippen LogP contribution >= 0.6 is 0 Å². The minimum absolute atomic E-state index is 0.111. The van der Waals surface area contributed by atoms with Crippen molar-refractivity contribution < 1.29 is 45.0 Å². The van der Waals surface area contributed by atoms with Crippen molar-refractivity contribution in [1.82, 2.24) is 5.32 Å². The molecule has 0 saturated heterocycles. The number of carbonyl (C=O) groups excluding carboxylic acids is 1. The molecule has 0 fully saturated rings. The summed E-state index contributed by atoms with van der Waals surface area (Å²) < 4.78 is 97.6. The quantitative estimate of drug-likeness (QED) is 0.743. The van der Waals surface area contributed by atoms with Crippen LogP contribution in [0, 0.1) is 0 Å². The lowest BCUT2D eigenvalue weighted by molar-refractivity contribution is -0.344. The molecular formula is C14H14F7NO3. The lowest BCUT2D eigenvalue weighted by Crippen LogP contribution is -2.59. The lowest BCUT2D eigenvalue weighted by atomic mass is 10.1. The molecule has 0 saturated carbocycles. The molecule has 0 aliphatic carbocycles. The number of halogens is 7. The number of amides is 1. The molecule has 1 aromatic carbocycles. The second-order valence-electron chi connectivity index (χ2n) is 4.84. The monoisotopic (exact) mass is 377 g/mol. The van der Waals surface area contributed by atoms with Crippen molar-refractivity contribution in [2.75, 3.05) is 20.8 Å². The number of hydrogen-bond acceptors (Lipinski definition) is 3. The highest BCUT2D eigenvalue weighted by atomic mass is 19.4. The van der Waals surface area contributed by atoms with Crippen molar-refractivity contribution in [1.29, 1.82) is 0 Å². The zero-order chi connectivity index (χ0) is 19.5. The van der Waals surface area contributed by atoms with Gasteiger partial charge in [0, 0.05) is 6.54 Å². The molecule has 0 spiro atoms. The van der Waals surface area contributed by atoms with E-state index >= 15 is 0 Å². The Balaban J connectivity index is 2.74. The molecule has 1 N–H and O–H groups in total. The van der Waals surface area contributed by atoms with Crippen molar-refractivity contribution in [2.24, 2.45) is 0 Å². The molecule has 0 aliphatic heterocycles. The number of rotatable bonds is 7. The van der Waals surface area contributed by atoms with E-state index < -0.39 is 30.5 Å². The third kappa shape index (κ3) is 4.26. The summed E-state index contributed by atoms with van der Waals surface area (Å²) in [6, 6.07) is 4.39. The van der Waals surface area contributed by atoms with Gasteiger partial charge in [-0.05, 0) is 24.1 Å². The topological polar surface area (TPSA) is 47.6 Å². The van der Waals surface area contributed by atoms with Gasteiger partial charge in [-0.2, -0.15) is 30.7 Å². The Bertz CT molecular complexity index is 617. The number of benzene rings is 1. The molecule has 25 heavy (non-hydrogen) atoms. The third-order valence-electron chi connectivity index (χ3n) is 3.18. The van der Waals surface area contributed by atoms with E-state index in [1.807, 2.05) is 0 Å². The normalized spacial score (nSPS) is 12.7. The van der Waals surface area contributed by atoms with Gasteiger partial charge in [-0.15, -0.1) is 0 Å². The third-order valence-corrected chi connectivity index (χ3v) is 3.18. The van der Waals surface area contributed by atoms with Gasteiger partial charge in [0.05, 0.1) is 14.2 Å². The standard InChI is InChI=1S/C14H14F7NO3/c1-24-9-4-3-8(7-10(9)25-2)5-6-22-11(23)12(15,16)13(17,18)14(19,20)21/h3-4,7H,5-6H2,1-2H3,(H,22,23). The molecule has 0 radical (unpaired) electrons. The van der Waals surface area contributed by atoms with Gasteiger partial charge in [0.25, 0.3) is 5.91 Å². The van der Waals surface area contributed by atoms with Crippen molar-refractivity contribution in [3.8, 4) is 11.5 Å². The van der Waals surface area contributed by atoms with Gasteiger partial charge in [0.1, 0.15) is 0 Å². The average molecular weight is 377 g/mol. The highest BCUT2D eigenvalue weighted by Crippen LogP contribution is 2.46. The zero-order valence-corrected chi connectivity index (χ0v) is 13.0. The first-order valence-electron chi connectivity index (χ1n) is 6.70. The summed E-state index contributed by atoms with van der Waals surface area (Å²) in [5, 5.41) is 1.37. The fraction of sp³-hybridized carbons (Fsp3) is 0.500. The minimum atomic E-state index is -6.56. The van der Waals surface area contributed by atoms with Gasteiger partial charge in [-0.25, -0.2) is 0 Å². The number of ether oxygens (including phenoxy) is 2. The van der Waals surface area contributed by atoms with Crippen LogP contribution in [0.2, 0.25) is 0 Å². The summed E-state index contributed by atoms with van der Waals surface area (Å²) in [6.45, 7) is -0.585. The Hall–Kier alpha value is -2.20. The van der Waals surface area contributed by atoms with Crippen LogP contribution in [0.3, 0.4) is 0 Å². The largest absolute Gasteiger partial charge is 0.493 e. The van der Waals surface area contributed by atoms with Crippen molar-refractivity contribution in [2.45, 2.75) is 24.4 Å². The second kappa shape index (κ2) is 7.36. The summed E-state index contributed by atoms with van der Waals surface area (Å²) in [4.78, 5) is 11.1. The lowest BCUT2D eigenvalue weighted by Gasteiger charge is -2.27. The Labute approximate surface area is 137 Å². The maximum Gasteiger partial charge on any atom is 0.460 e. The van der Waals surface area contributed by atoms with Crippen LogP contribution in [-0.4, -0.2) is 44.7 Å². The number of alkyl halides is 7. The Kier molecular flexibility index (Phi) is 6.14. The maximum absolute atomic E-state index is 13.1. The molecule has 0 atom stereocenters. The zero-order valence-electron chi connectivity index (χ0n) is 13.0. The second-order valence-corrected chi connectivity index (χ2v) is 4.84. The highest BCUT2D eigenvalue weighted by molar-refractivity contribution is 5.84. The smallest absolute Gasteiger partial charge is 0.460 e. The van der Waals surface area contributed by atoms with Crippen LogP contribution in [0.15, 0.2) is 18.2 Å². The first-order chi connectivity index (χ1) is 11.4. The number of carbonyl (C=O) groups is 1. The predicted molar refractivity (Wildman–Crippen MR) is 72.2 cm³/mol. The van der Waals surface area contributed by atoms with Crippen molar-refractivity contribution in [3.63, 3.8) is 0 Å². The van der Waals surface area contributed by atoms with Gasteiger partial charge in [-0.1, -0.05) is 6.07 Å². The summed E-state index contributed by atoms with van der Waals surface area (Å²) >= 11 is 0. The number of nitrogens with one attached hydrogen (secondary N) is 1. The van der Waals surface area contributed by atoms with E-state index in [0.717, 1.165) is 0 Å². The van der Waals surface area contributed by atoms with Gasteiger partial charge >= 0.3 is 18.0 Å². The van der Waals surface area contributed by atoms with Crippen LogP contribution in [0.25, 0.3) is 0 Å². The number of hydrogen-bond donors (Lipinski definition) is 1. The van der Waals surface area contributed by atoms with Crippen LogP contribution in [0.5, 0.6) is 11.5 Å². The molecule has 0 bridgehead atoms. The molecule has 0 unspecified atom stereocenters. The molecule has 4 nitrogen and oxygen atoms in total. The molecule has 1 aromatic rings. The summed E-state index contributed by atoms with van der Waals surface area (Å²) in [5.41, 5.74) is 0.448. The average Bonchev–Trinajstić information content (AvgIpc) is 2.53. The van der Waals surface area contributed by atoms with E-state index in [9.17, 15) is 35.5 Å². The summed E-state index contributed by atoms with van der Waals surface area (Å²) in [6.07, 6.45) is -6.67. The van der Waals surface area contributed by atoms with Crippen LogP contribution < -0.4 is 14.8 Å². The van der Waals surface area contributed by atoms with E-state index in [4.69, 9.17) is 9.47 Å². The van der Waals surface area contributed by atoms with Crippen LogP contribution in [-0.2, 0) is 11.2 Å². The first-order valence-corrected chi connectivity index (χ1v) is 6.70. The van der Waals surface area contributed by atoms with Crippen LogP contribution in [0.4, 0.5) is 30.7 Å². The Morgan fingerprint density at radius 3 is 2.04 bits per heavy atom. The fourth-order valence-electron chi connectivity index (χ4n) is 1.79. The summed E-state index contributed by atoms with van der Waals surface area (Å²) in [7, 11) is 2.71. The van der Waals surface area contributed by atoms with E-state index in [0.29, 0.717) is 17.1 Å². The van der Waals surface area contributed by atoms with E-state index in [1.165, 1.54) is 37.7 Å². The van der Waals surface area contributed by atoms with Crippen LogP contribution in [0.1, 0.15) is 5.56 Å². The molecular weight excluding hydrogens is 363 g/mol. The molecule has 1 amide bonds. The van der Waals surface area contributed by atoms with Crippen molar-refractivity contribution >= 4 is 5.91 Å². The molecule has 142 valence electrons.